The summed E-state index contributed by atoms with van der Waals surface area (Å²) in [6.45, 7) is 2.02. The standard InChI is InChI=1S/C13H15N3O2/c1-9-4-6-10(7-5-9)11-8-14-18-12(11)15-13(17)16(2)3/h4-8H,1-3H3,(H,15,17). The van der Waals surface area contributed by atoms with Crippen molar-refractivity contribution in [3.8, 4) is 11.1 Å². The van der Waals surface area contributed by atoms with Gasteiger partial charge in [-0.2, -0.15) is 0 Å². The number of carbonyl (C=O) groups is 1. The molecule has 0 saturated carbocycles. The summed E-state index contributed by atoms with van der Waals surface area (Å²) in [4.78, 5) is 13.0. The smallest absolute Gasteiger partial charge is 0.323 e. The van der Waals surface area contributed by atoms with E-state index in [2.05, 4.69) is 10.5 Å². The van der Waals surface area contributed by atoms with Gasteiger partial charge < -0.3 is 9.42 Å². The molecule has 5 heteroatoms. The van der Waals surface area contributed by atoms with Crippen LogP contribution in [0, 0.1) is 6.92 Å². The molecule has 0 spiro atoms. The second kappa shape index (κ2) is 4.91. The average molecular weight is 245 g/mol. The van der Waals surface area contributed by atoms with E-state index in [4.69, 9.17) is 4.52 Å². The van der Waals surface area contributed by atoms with Crippen LogP contribution in [0.2, 0.25) is 0 Å². The summed E-state index contributed by atoms with van der Waals surface area (Å²) < 4.78 is 5.06. The zero-order valence-corrected chi connectivity index (χ0v) is 10.6. The summed E-state index contributed by atoms with van der Waals surface area (Å²) in [6, 6.07) is 7.68. The van der Waals surface area contributed by atoms with Crippen LogP contribution in [0.5, 0.6) is 0 Å². The molecule has 18 heavy (non-hydrogen) atoms. The van der Waals surface area contributed by atoms with Gasteiger partial charge in [0.2, 0.25) is 5.88 Å². The number of benzene rings is 1. The van der Waals surface area contributed by atoms with E-state index < -0.39 is 0 Å². The third kappa shape index (κ3) is 2.51. The summed E-state index contributed by atoms with van der Waals surface area (Å²) in [6.07, 6.45) is 1.59. The first kappa shape index (κ1) is 12.2. The highest BCUT2D eigenvalue weighted by atomic mass is 16.5. The molecule has 1 aromatic heterocycles. The second-order valence-electron chi connectivity index (χ2n) is 4.26. The van der Waals surface area contributed by atoms with E-state index in [-0.39, 0.29) is 6.03 Å². The summed E-state index contributed by atoms with van der Waals surface area (Å²) >= 11 is 0. The minimum atomic E-state index is -0.250. The molecular formula is C13H15N3O2. The van der Waals surface area contributed by atoms with E-state index in [9.17, 15) is 4.79 Å². The molecular weight excluding hydrogens is 230 g/mol. The fourth-order valence-corrected chi connectivity index (χ4v) is 1.48. The highest BCUT2D eigenvalue weighted by Gasteiger charge is 2.14. The lowest BCUT2D eigenvalue weighted by molar-refractivity contribution is 0.229. The normalized spacial score (nSPS) is 10.2. The minimum Gasteiger partial charge on any atom is -0.338 e. The highest BCUT2D eigenvalue weighted by molar-refractivity contribution is 5.91. The van der Waals surface area contributed by atoms with Crippen LogP contribution < -0.4 is 5.32 Å². The minimum absolute atomic E-state index is 0.250. The molecule has 0 aliphatic heterocycles. The third-order valence-electron chi connectivity index (χ3n) is 2.56. The summed E-state index contributed by atoms with van der Waals surface area (Å²) in [5.41, 5.74) is 2.90. The lowest BCUT2D eigenvalue weighted by Gasteiger charge is -2.10. The van der Waals surface area contributed by atoms with Crippen LogP contribution in [0.1, 0.15) is 5.56 Å². The first-order chi connectivity index (χ1) is 8.58. The highest BCUT2D eigenvalue weighted by Crippen LogP contribution is 2.27. The molecule has 2 amide bonds. The summed E-state index contributed by atoms with van der Waals surface area (Å²) in [5, 5.41) is 6.39. The topological polar surface area (TPSA) is 58.4 Å². The molecule has 94 valence electrons. The van der Waals surface area contributed by atoms with Gasteiger partial charge in [-0.25, -0.2) is 4.79 Å². The number of carbonyl (C=O) groups excluding carboxylic acids is 1. The van der Waals surface area contributed by atoms with Crippen molar-refractivity contribution in [2.75, 3.05) is 19.4 Å². The maximum Gasteiger partial charge on any atom is 0.323 e. The van der Waals surface area contributed by atoms with Crippen LogP contribution in [0.4, 0.5) is 10.7 Å². The zero-order chi connectivity index (χ0) is 13.1. The molecule has 2 rings (SSSR count). The van der Waals surface area contributed by atoms with Crippen molar-refractivity contribution < 1.29 is 9.32 Å². The maximum absolute atomic E-state index is 11.6. The van der Waals surface area contributed by atoms with E-state index in [1.807, 2.05) is 31.2 Å². The van der Waals surface area contributed by atoms with Crippen molar-refractivity contribution in [2.45, 2.75) is 6.92 Å². The number of rotatable bonds is 2. The van der Waals surface area contributed by atoms with Gasteiger partial charge in [0.1, 0.15) is 0 Å². The Morgan fingerprint density at radius 1 is 1.28 bits per heavy atom. The van der Waals surface area contributed by atoms with Gasteiger partial charge in [-0.3, -0.25) is 5.32 Å². The largest absolute Gasteiger partial charge is 0.338 e. The number of anilines is 1. The molecule has 0 aliphatic rings. The Morgan fingerprint density at radius 2 is 1.94 bits per heavy atom. The third-order valence-corrected chi connectivity index (χ3v) is 2.56. The fraction of sp³-hybridized carbons (Fsp3) is 0.231. The van der Waals surface area contributed by atoms with Crippen molar-refractivity contribution in [1.82, 2.24) is 10.1 Å². The molecule has 5 nitrogen and oxygen atoms in total. The molecule has 1 heterocycles. The number of aromatic nitrogens is 1. The number of hydrogen-bond acceptors (Lipinski definition) is 3. The Labute approximate surface area is 105 Å². The predicted molar refractivity (Wildman–Crippen MR) is 69.4 cm³/mol. The van der Waals surface area contributed by atoms with E-state index in [1.54, 1.807) is 20.3 Å². The Balaban J connectivity index is 2.27. The lowest BCUT2D eigenvalue weighted by Crippen LogP contribution is -2.27. The fourth-order valence-electron chi connectivity index (χ4n) is 1.48. The van der Waals surface area contributed by atoms with Gasteiger partial charge in [0.05, 0.1) is 11.8 Å². The number of nitrogens with one attached hydrogen (secondary N) is 1. The molecule has 0 aliphatic carbocycles. The van der Waals surface area contributed by atoms with Crippen molar-refractivity contribution in [1.29, 1.82) is 0 Å². The van der Waals surface area contributed by atoms with Crippen LogP contribution in [-0.2, 0) is 0 Å². The number of nitrogens with zero attached hydrogens (tertiary/aromatic N) is 2. The Kier molecular flexibility index (Phi) is 3.32. The van der Waals surface area contributed by atoms with Gasteiger partial charge in [0.15, 0.2) is 0 Å². The van der Waals surface area contributed by atoms with Crippen LogP contribution in [0.15, 0.2) is 35.0 Å². The zero-order valence-electron chi connectivity index (χ0n) is 10.6. The van der Waals surface area contributed by atoms with Gasteiger partial charge >= 0.3 is 6.03 Å². The van der Waals surface area contributed by atoms with E-state index in [1.165, 1.54) is 10.5 Å². The van der Waals surface area contributed by atoms with E-state index >= 15 is 0 Å². The monoisotopic (exact) mass is 245 g/mol. The lowest BCUT2D eigenvalue weighted by atomic mass is 10.1. The van der Waals surface area contributed by atoms with Crippen LogP contribution >= 0.6 is 0 Å². The van der Waals surface area contributed by atoms with E-state index in [0.29, 0.717) is 5.88 Å². The molecule has 0 atom stereocenters. The number of urea groups is 1. The van der Waals surface area contributed by atoms with Gasteiger partial charge in [0.25, 0.3) is 0 Å². The molecule has 0 saturated heterocycles. The van der Waals surface area contributed by atoms with Gasteiger partial charge in [0, 0.05) is 14.1 Å². The molecule has 0 unspecified atom stereocenters. The van der Waals surface area contributed by atoms with Gasteiger partial charge in [-0.1, -0.05) is 35.0 Å². The Bertz CT molecular complexity index is 544. The second-order valence-corrected chi connectivity index (χ2v) is 4.26. The summed E-state index contributed by atoms with van der Waals surface area (Å²) in [7, 11) is 3.33. The van der Waals surface area contributed by atoms with Crippen molar-refractivity contribution in [3.05, 3.63) is 36.0 Å². The van der Waals surface area contributed by atoms with E-state index in [0.717, 1.165) is 11.1 Å². The average Bonchev–Trinajstić information content (AvgIpc) is 2.78. The first-order valence-corrected chi connectivity index (χ1v) is 5.58. The number of aryl methyl sites for hydroxylation is 1. The Morgan fingerprint density at radius 3 is 2.56 bits per heavy atom. The molecule has 1 aromatic carbocycles. The summed E-state index contributed by atoms with van der Waals surface area (Å²) in [5.74, 6) is 0.359. The molecule has 0 fully saturated rings. The van der Waals surface area contributed by atoms with Crippen LogP contribution in [-0.4, -0.2) is 30.2 Å². The number of amides is 2. The molecule has 0 radical (unpaired) electrons. The van der Waals surface area contributed by atoms with Gasteiger partial charge in [-0.05, 0) is 12.5 Å². The van der Waals surface area contributed by atoms with Crippen molar-refractivity contribution in [2.24, 2.45) is 0 Å². The molecule has 2 aromatic rings. The molecule has 0 bridgehead atoms. The van der Waals surface area contributed by atoms with Crippen molar-refractivity contribution >= 4 is 11.9 Å². The van der Waals surface area contributed by atoms with Crippen LogP contribution in [0.3, 0.4) is 0 Å². The first-order valence-electron chi connectivity index (χ1n) is 5.58. The van der Waals surface area contributed by atoms with Crippen LogP contribution in [0.25, 0.3) is 11.1 Å². The Hall–Kier alpha value is -2.30. The SMILES string of the molecule is Cc1ccc(-c2cnoc2NC(=O)N(C)C)cc1. The predicted octanol–water partition coefficient (Wildman–Crippen LogP) is 2.74. The number of hydrogen-bond donors (Lipinski definition) is 1. The van der Waals surface area contributed by atoms with Gasteiger partial charge in [-0.15, -0.1) is 0 Å². The maximum atomic E-state index is 11.6. The van der Waals surface area contributed by atoms with Crippen molar-refractivity contribution in [3.63, 3.8) is 0 Å². The molecule has 1 N–H and O–H groups in total. The quantitative estimate of drug-likeness (QED) is 0.885.